The number of nitrogens with one attached hydrogen (secondary N) is 1. The zero-order valence-corrected chi connectivity index (χ0v) is 14.3. The van der Waals surface area contributed by atoms with Crippen LogP contribution in [0, 0.1) is 0 Å². The van der Waals surface area contributed by atoms with E-state index in [1.54, 1.807) is 0 Å². The van der Waals surface area contributed by atoms with Crippen molar-refractivity contribution < 1.29 is 9.59 Å². The van der Waals surface area contributed by atoms with Gasteiger partial charge in [-0.1, -0.05) is 25.3 Å². The molecule has 5 nitrogen and oxygen atoms in total. The van der Waals surface area contributed by atoms with Gasteiger partial charge in [-0.25, -0.2) is 4.79 Å². The number of nitrogens with zero attached hydrogens (tertiary/aromatic N) is 2. The largest absolute Gasteiger partial charge is 0.336 e. The van der Waals surface area contributed by atoms with Gasteiger partial charge in [-0.15, -0.1) is 11.3 Å². The summed E-state index contributed by atoms with van der Waals surface area (Å²) in [5.41, 5.74) is 0. The lowest BCUT2D eigenvalue weighted by atomic mass is 9.96. The van der Waals surface area contributed by atoms with Crippen LogP contribution in [0.1, 0.15) is 48.2 Å². The fourth-order valence-electron chi connectivity index (χ4n) is 3.39. The maximum atomic E-state index is 12.4. The van der Waals surface area contributed by atoms with E-state index in [2.05, 4.69) is 5.32 Å². The van der Waals surface area contributed by atoms with Gasteiger partial charge in [0.1, 0.15) is 0 Å². The van der Waals surface area contributed by atoms with Crippen LogP contribution in [0.3, 0.4) is 0 Å². The summed E-state index contributed by atoms with van der Waals surface area (Å²) in [5, 5.41) is 5.10. The molecular formula is C17H25N3O2S. The number of urea groups is 1. The Kier molecular flexibility index (Phi) is 5.54. The second kappa shape index (κ2) is 7.81. The van der Waals surface area contributed by atoms with E-state index in [1.807, 2.05) is 27.3 Å². The Morgan fingerprint density at radius 3 is 2.48 bits per heavy atom. The molecule has 3 rings (SSSR count). The molecule has 0 aromatic carbocycles. The SMILES string of the molecule is O=C(NC1CCCCC1)N1CCCN(C(=O)c2cccs2)CC1. The fraction of sp³-hybridized carbons (Fsp3) is 0.647. The third kappa shape index (κ3) is 4.25. The van der Waals surface area contributed by atoms with Crippen molar-refractivity contribution in [3.8, 4) is 0 Å². The third-order valence-corrected chi connectivity index (χ3v) is 5.59. The van der Waals surface area contributed by atoms with Gasteiger partial charge in [0, 0.05) is 32.2 Å². The highest BCUT2D eigenvalue weighted by molar-refractivity contribution is 7.12. The van der Waals surface area contributed by atoms with Crippen LogP contribution < -0.4 is 5.32 Å². The van der Waals surface area contributed by atoms with E-state index in [9.17, 15) is 9.59 Å². The van der Waals surface area contributed by atoms with Gasteiger partial charge >= 0.3 is 6.03 Å². The van der Waals surface area contributed by atoms with Gasteiger partial charge in [0.25, 0.3) is 5.91 Å². The number of amides is 3. The molecule has 1 aliphatic carbocycles. The van der Waals surface area contributed by atoms with E-state index >= 15 is 0 Å². The van der Waals surface area contributed by atoms with Crippen molar-refractivity contribution in [2.45, 2.75) is 44.6 Å². The van der Waals surface area contributed by atoms with Crippen molar-refractivity contribution in [1.29, 1.82) is 0 Å². The van der Waals surface area contributed by atoms with Gasteiger partial charge in [-0.2, -0.15) is 0 Å². The molecule has 1 saturated carbocycles. The standard InChI is InChI=1S/C17H25N3O2S/c21-16(15-8-4-13-23-15)19-9-5-10-20(12-11-19)17(22)18-14-6-2-1-3-7-14/h4,8,13-14H,1-3,5-7,9-12H2,(H,18,22). The van der Waals surface area contributed by atoms with E-state index < -0.39 is 0 Å². The molecule has 2 fully saturated rings. The Balaban J connectivity index is 1.51. The summed E-state index contributed by atoms with van der Waals surface area (Å²) in [6.45, 7) is 2.70. The molecule has 1 N–H and O–H groups in total. The second-order valence-electron chi connectivity index (χ2n) is 6.39. The van der Waals surface area contributed by atoms with Crippen molar-refractivity contribution in [1.82, 2.24) is 15.1 Å². The maximum absolute atomic E-state index is 12.4. The first-order valence-corrected chi connectivity index (χ1v) is 9.50. The van der Waals surface area contributed by atoms with E-state index in [4.69, 9.17) is 0 Å². The zero-order valence-electron chi connectivity index (χ0n) is 13.5. The van der Waals surface area contributed by atoms with E-state index in [0.717, 1.165) is 37.2 Å². The summed E-state index contributed by atoms with van der Waals surface area (Å²) in [7, 11) is 0. The lowest BCUT2D eigenvalue weighted by Gasteiger charge is -2.27. The molecule has 23 heavy (non-hydrogen) atoms. The Hall–Kier alpha value is -1.56. The molecule has 6 heteroatoms. The lowest BCUT2D eigenvalue weighted by Crippen LogP contribution is -2.46. The van der Waals surface area contributed by atoms with Crippen LogP contribution in [0.4, 0.5) is 4.79 Å². The summed E-state index contributed by atoms with van der Waals surface area (Å²) in [4.78, 5) is 29.4. The minimum atomic E-state index is 0.0438. The lowest BCUT2D eigenvalue weighted by molar-refractivity contribution is 0.0767. The minimum absolute atomic E-state index is 0.0438. The summed E-state index contributed by atoms with van der Waals surface area (Å²) in [6.07, 6.45) is 6.76. The highest BCUT2D eigenvalue weighted by atomic mass is 32.1. The van der Waals surface area contributed by atoms with Gasteiger partial charge in [0.05, 0.1) is 4.88 Å². The summed E-state index contributed by atoms with van der Waals surface area (Å²) >= 11 is 1.48. The summed E-state index contributed by atoms with van der Waals surface area (Å²) in [5.74, 6) is 0.0922. The van der Waals surface area contributed by atoms with Crippen LogP contribution in [0.2, 0.25) is 0 Å². The first-order valence-electron chi connectivity index (χ1n) is 8.62. The van der Waals surface area contributed by atoms with Crippen LogP contribution in [0.5, 0.6) is 0 Å². The molecule has 1 aromatic heterocycles. The quantitative estimate of drug-likeness (QED) is 0.903. The normalized spacial score (nSPS) is 20.2. The monoisotopic (exact) mass is 335 g/mol. The number of hydrogen-bond acceptors (Lipinski definition) is 3. The Morgan fingerprint density at radius 1 is 1.00 bits per heavy atom. The van der Waals surface area contributed by atoms with E-state index in [1.165, 1.54) is 30.6 Å². The Labute approximate surface area is 141 Å². The first-order chi connectivity index (χ1) is 11.2. The first kappa shape index (κ1) is 16.3. The van der Waals surface area contributed by atoms with Crippen LogP contribution in [-0.2, 0) is 0 Å². The van der Waals surface area contributed by atoms with Crippen molar-refractivity contribution in [3.05, 3.63) is 22.4 Å². The molecule has 1 aliphatic heterocycles. The molecule has 0 bridgehead atoms. The minimum Gasteiger partial charge on any atom is -0.336 e. The molecule has 2 aliphatic rings. The predicted octanol–water partition coefficient (Wildman–Crippen LogP) is 2.94. The number of carbonyl (C=O) groups is 2. The van der Waals surface area contributed by atoms with Gasteiger partial charge < -0.3 is 15.1 Å². The molecule has 2 heterocycles. The topological polar surface area (TPSA) is 52.7 Å². The predicted molar refractivity (Wildman–Crippen MR) is 91.8 cm³/mol. The molecule has 1 saturated heterocycles. The van der Waals surface area contributed by atoms with Crippen molar-refractivity contribution in [2.24, 2.45) is 0 Å². The number of carbonyl (C=O) groups excluding carboxylic acids is 2. The molecule has 0 radical (unpaired) electrons. The molecule has 126 valence electrons. The summed E-state index contributed by atoms with van der Waals surface area (Å²) < 4.78 is 0. The molecule has 0 atom stereocenters. The Morgan fingerprint density at radius 2 is 1.74 bits per heavy atom. The average Bonchev–Trinajstić information content (AvgIpc) is 2.99. The molecule has 1 aromatic rings. The molecule has 0 spiro atoms. The third-order valence-electron chi connectivity index (χ3n) is 4.74. The Bertz CT molecular complexity index is 526. The molecular weight excluding hydrogens is 310 g/mol. The van der Waals surface area contributed by atoms with E-state index in [0.29, 0.717) is 19.1 Å². The van der Waals surface area contributed by atoms with Crippen LogP contribution in [0.25, 0.3) is 0 Å². The maximum Gasteiger partial charge on any atom is 0.317 e. The number of thiophene rings is 1. The van der Waals surface area contributed by atoms with Crippen LogP contribution in [0.15, 0.2) is 17.5 Å². The average molecular weight is 335 g/mol. The fourth-order valence-corrected chi connectivity index (χ4v) is 4.08. The number of rotatable bonds is 2. The van der Waals surface area contributed by atoms with Crippen LogP contribution >= 0.6 is 11.3 Å². The smallest absolute Gasteiger partial charge is 0.317 e. The van der Waals surface area contributed by atoms with Gasteiger partial charge in [-0.05, 0) is 30.7 Å². The second-order valence-corrected chi connectivity index (χ2v) is 7.34. The van der Waals surface area contributed by atoms with E-state index in [-0.39, 0.29) is 11.9 Å². The van der Waals surface area contributed by atoms with Crippen molar-refractivity contribution in [2.75, 3.05) is 26.2 Å². The van der Waals surface area contributed by atoms with Gasteiger partial charge in [-0.3, -0.25) is 4.79 Å². The zero-order chi connectivity index (χ0) is 16.1. The number of hydrogen-bond donors (Lipinski definition) is 1. The van der Waals surface area contributed by atoms with Crippen molar-refractivity contribution >= 4 is 23.3 Å². The van der Waals surface area contributed by atoms with Gasteiger partial charge in [0.15, 0.2) is 0 Å². The molecule has 0 unspecified atom stereocenters. The highest BCUT2D eigenvalue weighted by Gasteiger charge is 2.24. The van der Waals surface area contributed by atoms with Crippen molar-refractivity contribution in [3.63, 3.8) is 0 Å². The highest BCUT2D eigenvalue weighted by Crippen LogP contribution is 2.18. The van der Waals surface area contributed by atoms with Crippen LogP contribution in [-0.4, -0.2) is 54.0 Å². The summed E-state index contributed by atoms with van der Waals surface area (Å²) in [6, 6.07) is 4.15. The van der Waals surface area contributed by atoms with Gasteiger partial charge in [0.2, 0.25) is 0 Å². The molecule has 3 amide bonds.